The molecule has 2 aliphatic heterocycles. The molecule has 5 aromatic rings. The zero-order valence-electron chi connectivity index (χ0n) is 21.8. The monoisotopic (exact) mass is 585 g/mol. The quantitative estimate of drug-likeness (QED) is 0.204. The third-order valence-corrected chi connectivity index (χ3v) is 9.04. The number of aromatic hydroxyl groups is 2. The Morgan fingerprint density at radius 1 is 0.683 bits per heavy atom. The third-order valence-electron chi connectivity index (χ3n) is 8.30. The number of alkyl halides is 2. The first kappa shape index (κ1) is 25.7. The Bertz CT molecular complexity index is 1750. The van der Waals surface area contributed by atoms with E-state index in [1.54, 1.807) is 34.1 Å². The first-order chi connectivity index (χ1) is 19.9. The molecule has 2 aliphatic rings. The Hall–Kier alpha value is -4.20. The molecule has 0 radical (unpaired) electrons. The van der Waals surface area contributed by atoms with Crippen molar-refractivity contribution in [2.75, 3.05) is 34.6 Å². The van der Waals surface area contributed by atoms with Crippen LogP contribution in [0.2, 0.25) is 0 Å². The van der Waals surface area contributed by atoms with Crippen LogP contribution in [0, 0.1) is 0 Å². The Balaban J connectivity index is 1.23. The van der Waals surface area contributed by atoms with Crippen molar-refractivity contribution in [3.8, 4) is 11.5 Å². The minimum atomic E-state index is -0.323. The van der Waals surface area contributed by atoms with Crippen LogP contribution in [0.5, 0.6) is 11.5 Å². The second kappa shape index (κ2) is 9.72. The van der Waals surface area contributed by atoms with E-state index in [1.807, 2.05) is 48.5 Å². The summed E-state index contributed by atoms with van der Waals surface area (Å²) in [6.45, 7) is 0.716. The smallest absolute Gasteiger partial charge is 0.274 e. The number of fused-ring (bicyclic) bond motifs is 6. The summed E-state index contributed by atoms with van der Waals surface area (Å²) in [4.78, 5) is 33.7. The van der Waals surface area contributed by atoms with E-state index in [9.17, 15) is 19.8 Å². The van der Waals surface area contributed by atoms with Gasteiger partial charge in [0.05, 0.1) is 11.4 Å². The Morgan fingerprint density at radius 2 is 1.07 bits per heavy atom. The highest BCUT2D eigenvalue weighted by Crippen LogP contribution is 2.47. The predicted octanol–water partition coefficient (Wildman–Crippen LogP) is 6.70. The first-order valence-corrected chi connectivity index (χ1v) is 14.4. The number of hydrogen-bond donors (Lipinski definition) is 3. The zero-order valence-corrected chi connectivity index (χ0v) is 23.3. The van der Waals surface area contributed by atoms with Gasteiger partial charge in [0.15, 0.2) is 0 Å². The molecule has 0 saturated heterocycles. The average molecular weight is 586 g/mol. The van der Waals surface area contributed by atoms with Crippen molar-refractivity contribution in [2.45, 2.75) is 11.8 Å². The number of phenols is 2. The van der Waals surface area contributed by atoms with Crippen LogP contribution in [0.15, 0.2) is 72.8 Å². The molecule has 0 fully saturated rings. The second-order valence-electron chi connectivity index (χ2n) is 10.6. The van der Waals surface area contributed by atoms with Crippen molar-refractivity contribution in [3.63, 3.8) is 0 Å². The number of anilines is 2. The molecule has 0 saturated carbocycles. The molecule has 2 amide bonds. The number of carbonyl (C=O) groups is 2. The van der Waals surface area contributed by atoms with Crippen molar-refractivity contribution in [2.24, 2.45) is 0 Å². The maximum Gasteiger partial charge on any atom is 0.274 e. The molecule has 2 atom stereocenters. The number of benzene rings is 4. The lowest BCUT2D eigenvalue weighted by Gasteiger charge is -2.19. The number of hydrogen-bond acceptors (Lipinski definition) is 4. The fourth-order valence-electron chi connectivity index (χ4n) is 6.43. The SMILES string of the molecule is O=C(c1ccc(C(=O)N2CC(CCl)c3c2cc(O)c2ccccc32)[nH]1)N1CC(CCl)c2c1cc(O)c1ccccc21. The summed E-state index contributed by atoms with van der Waals surface area (Å²) >= 11 is 12.7. The number of H-pyrrole nitrogens is 1. The molecule has 206 valence electrons. The van der Waals surface area contributed by atoms with Crippen LogP contribution in [-0.4, -0.2) is 51.9 Å². The van der Waals surface area contributed by atoms with E-state index < -0.39 is 0 Å². The fourth-order valence-corrected chi connectivity index (χ4v) is 6.93. The van der Waals surface area contributed by atoms with Crippen molar-refractivity contribution in [1.29, 1.82) is 0 Å². The van der Waals surface area contributed by atoms with Crippen molar-refractivity contribution in [1.82, 2.24) is 4.98 Å². The summed E-state index contributed by atoms with van der Waals surface area (Å²) in [6.07, 6.45) is 0. The van der Waals surface area contributed by atoms with Gasteiger partial charge in [-0.3, -0.25) is 9.59 Å². The highest BCUT2D eigenvalue weighted by atomic mass is 35.5. The van der Waals surface area contributed by atoms with Crippen molar-refractivity contribution < 1.29 is 19.8 Å². The lowest BCUT2D eigenvalue weighted by atomic mass is 9.95. The molecule has 9 heteroatoms. The molecule has 7 nitrogen and oxygen atoms in total. The molecule has 4 aromatic carbocycles. The molecule has 1 aromatic heterocycles. The summed E-state index contributed by atoms with van der Waals surface area (Å²) < 4.78 is 0. The molecule has 3 heterocycles. The standard InChI is InChI=1S/C32H25Cl2N3O4/c33-13-17-15-36(25-11-27(38)19-5-1-3-7-21(19)29(17)25)31(40)23-9-10-24(35-23)32(41)37-16-18(14-34)30-22-8-4-2-6-20(22)28(39)12-26(30)37/h1-12,17-18,35,38-39H,13-16H2. The van der Waals surface area contributed by atoms with Crippen LogP contribution >= 0.6 is 23.2 Å². The van der Waals surface area contributed by atoms with E-state index in [-0.39, 0.29) is 46.5 Å². The van der Waals surface area contributed by atoms with Gasteiger partial charge < -0.3 is 25.0 Å². The zero-order chi connectivity index (χ0) is 28.4. The number of halogens is 2. The number of aromatic nitrogens is 1. The molecular weight excluding hydrogens is 561 g/mol. The topological polar surface area (TPSA) is 96.9 Å². The molecule has 7 rings (SSSR count). The minimum Gasteiger partial charge on any atom is -0.507 e. The Kier molecular flexibility index (Phi) is 6.10. The van der Waals surface area contributed by atoms with Gasteiger partial charge in [0.2, 0.25) is 0 Å². The van der Waals surface area contributed by atoms with Crippen LogP contribution in [0.25, 0.3) is 21.5 Å². The molecule has 41 heavy (non-hydrogen) atoms. The molecule has 0 bridgehead atoms. The van der Waals surface area contributed by atoms with Crippen LogP contribution in [0.1, 0.15) is 43.9 Å². The number of phenolic OH excluding ortho intramolecular Hbond substituents is 2. The van der Waals surface area contributed by atoms with Gasteiger partial charge in [-0.2, -0.15) is 0 Å². The van der Waals surface area contributed by atoms with E-state index in [4.69, 9.17) is 23.2 Å². The molecule has 0 aliphatic carbocycles. The van der Waals surface area contributed by atoms with Gasteiger partial charge in [-0.25, -0.2) is 0 Å². The Morgan fingerprint density at radius 3 is 1.46 bits per heavy atom. The highest BCUT2D eigenvalue weighted by molar-refractivity contribution is 6.20. The van der Waals surface area contributed by atoms with Crippen LogP contribution < -0.4 is 9.80 Å². The number of amides is 2. The third kappa shape index (κ3) is 3.87. The van der Waals surface area contributed by atoms with E-state index in [2.05, 4.69) is 4.98 Å². The average Bonchev–Trinajstić information content (AvgIpc) is 3.73. The normalized spacial score (nSPS) is 17.8. The summed E-state index contributed by atoms with van der Waals surface area (Å²) in [6, 6.07) is 21.5. The summed E-state index contributed by atoms with van der Waals surface area (Å²) in [5.74, 6) is -0.0380. The van der Waals surface area contributed by atoms with E-state index in [0.29, 0.717) is 47.0 Å². The van der Waals surface area contributed by atoms with Crippen LogP contribution in [-0.2, 0) is 0 Å². The lowest BCUT2D eigenvalue weighted by Crippen LogP contribution is -2.32. The van der Waals surface area contributed by atoms with Gasteiger partial charge in [0.25, 0.3) is 11.8 Å². The van der Waals surface area contributed by atoms with Crippen molar-refractivity contribution >= 4 is 67.9 Å². The highest BCUT2D eigenvalue weighted by Gasteiger charge is 2.37. The number of rotatable bonds is 4. The summed E-state index contributed by atoms with van der Waals surface area (Å²) in [7, 11) is 0. The fraction of sp³-hybridized carbons (Fsp3) is 0.188. The maximum absolute atomic E-state index is 13.8. The van der Waals surface area contributed by atoms with Crippen molar-refractivity contribution in [3.05, 3.63) is 95.3 Å². The van der Waals surface area contributed by atoms with Gasteiger partial charge >= 0.3 is 0 Å². The Labute approximate surface area is 245 Å². The number of carbonyl (C=O) groups excluding carboxylic acids is 2. The first-order valence-electron chi connectivity index (χ1n) is 13.3. The molecule has 2 unspecified atom stereocenters. The minimum absolute atomic E-state index is 0.0899. The maximum atomic E-state index is 13.8. The predicted molar refractivity (Wildman–Crippen MR) is 162 cm³/mol. The van der Waals surface area contributed by atoms with Gasteiger partial charge in [-0.1, -0.05) is 48.5 Å². The number of nitrogens with one attached hydrogen (secondary N) is 1. The van der Waals surface area contributed by atoms with Gasteiger partial charge in [0.1, 0.15) is 22.9 Å². The lowest BCUT2D eigenvalue weighted by molar-refractivity contribution is 0.0982. The van der Waals surface area contributed by atoms with Crippen LogP contribution in [0.3, 0.4) is 0 Å². The van der Waals surface area contributed by atoms with Gasteiger partial charge in [-0.15, -0.1) is 23.2 Å². The van der Waals surface area contributed by atoms with E-state index in [1.165, 1.54) is 0 Å². The number of nitrogens with zero attached hydrogens (tertiary/aromatic N) is 2. The second-order valence-corrected chi connectivity index (χ2v) is 11.2. The molecular formula is C32H25Cl2N3O4. The van der Waals surface area contributed by atoms with E-state index >= 15 is 0 Å². The summed E-state index contributed by atoms with van der Waals surface area (Å²) in [5, 5.41) is 24.6. The van der Waals surface area contributed by atoms with Crippen LogP contribution in [0.4, 0.5) is 11.4 Å². The largest absolute Gasteiger partial charge is 0.507 e. The van der Waals surface area contributed by atoms with Gasteiger partial charge in [-0.05, 0) is 34.0 Å². The van der Waals surface area contributed by atoms with Gasteiger partial charge in [0, 0.05) is 59.6 Å². The molecule has 3 N–H and O–H groups in total. The summed E-state index contributed by atoms with van der Waals surface area (Å²) in [5.41, 5.74) is 3.57. The molecule has 0 spiro atoms. The van der Waals surface area contributed by atoms with E-state index in [0.717, 1.165) is 21.9 Å². The number of aromatic amines is 1.